The summed E-state index contributed by atoms with van der Waals surface area (Å²) in [6.45, 7) is 4.47. The molecule has 3 nitrogen and oxygen atoms in total. The van der Waals surface area contributed by atoms with Crippen LogP contribution < -0.4 is 10.6 Å². The Morgan fingerprint density at radius 3 is 2.62 bits per heavy atom. The third-order valence-electron chi connectivity index (χ3n) is 4.09. The fourth-order valence-corrected chi connectivity index (χ4v) is 3.24. The summed E-state index contributed by atoms with van der Waals surface area (Å²) in [4.78, 5) is 14.6. The average Bonchev–Trinajstić information content (AvgIpc) is 2.65. The minimum absolute atomic E-state index is 0.123. The zero-order chi connectivity index (χ0) is 15.2. The molecule has 0 unspecified atom stereocenters. The Hall–Kier alpha value is -1.81. The van der Waals surface area contributed by atoms with Crippen molar-refractivity contribution >= 4 is 33.2 Å². The van der Waals surface area contributed by atoms with Gasteiger partial charge in [-0.1, -0.05) is 30.3 Å². The molecule has 2 aromatic rings. The van der Waals surface area contributed by atoms with Crippen LogP contribution in [0.2, 0.25) is 0 Å². The van der Waals surface area contributed by atoms with Gasteiger partial charge in [0.15, 0.2) is 0 Å². The summed E-state index contributed by atoms with van der Waals surface area (Å²) >= 11 is 3.51. The van der Waals surface area contributed by atoms with Crippen LogP contribution in [0.5, 0.6) is 0 Å². The first-order valence-electron chi connectivity index (χ1n) is 6.87. The van der Waals surface area contributed by atoms with E-state index in [-0.39, 0.29) is 5.91 Å². The number of anilines is 2. The van der Waals surface area contributed by atoms with Gasteiger partial charge in [-0.05, 0) is 53.0 Å². The summed E-state index contributed by atoms with van der Waals surface area (Å²) < 4.78 is 0.861. The van der Waals surface area contributed by atoms with Gasteiger partial charge in [-0.25, -0.2) is 0 Å². The van der Waals surface area contributed by atoms with Crippen LogP contribution in [0.1, 0.15) is 25.0 Å². The summed E-state index contributed by atoms with van der Waals surface area (Å²) in [5.41, 5.74) is 9.21. The standard InChI is InChI=1S/C17H17BrN2O/c1-17(2)12-7-3-4-9-14(12)20(16(17)21)10-11-6-5-8-13(19)15(11)18/h3-9H,10,19H2,1-2H3. The van der Waals surface area contributed by atoms with Gasteiger partial charge in [-0.2, -0.15) is 0 Å². The molecule has 2 aromatic carbocycles. The number of carbonyl (C=O) groups excluding carboxylic acids is 1. The first-order valence-corrected chi connectivity index (χ1v) is 7.66. The summed E-state index contributed by atoms with van der Waals surface area (Å²) in [7, 11) is 0. The van der Waals surface area contributed by atoms with Crippen LogP contribution in [0.25, 0.3) is 0 Å². The van der Waals surface area contributed by atoms with Gasteiger partial charge in [-0.3, -0.25) is 4.79 Å². The number of nitrogens with two attached hydrogens (primary N) is 1. The number of carbonyl (C=O) groups is 1. The van der Waals surface area contributed by atoms with E-state index in [9.17, 15) is 4.79 Å². The maximum atomic E-state index is 12.8. The second-order valence-electron chi connectivity index (χ2n) is 5.85. The van der Waals surface area contributed by atoms with Crippen LogP contribution in [-0.2, 0) is 16.8 Å². The Morgan fingerprint density at radius 1 is 1.14 bits per heavy atom. The summed E-state index contributed by atoms with van der Waals surface area (Å²) in [6.07, 6.45) is 0. The predicted octanol–water partition coefficient (Wildman–Crippen LogP) is 3.86. The fraction of sp³-hybridized carbons (Fsp3) is 0.235. The van der Waals surface area contributed by atoms with Crippen molar-refractivity contribution in [1.82, 2.24) is 0 Å². The van der Waals surface area contributed by atoms with Crippen molar-refractivity contribution < 1.29 is 4.79 Å². The maximum Gasteiger partial charge on any atom is 0.237 e. The molecule has 0 aliphatic carbocycles. The van der Waals surface area contributed by atoms with E-state index < -0.39 is 5.41 Å². The Morgan fingerprint density at radius 2 is 1.86 bits per heavy atom. The lowest BCUT2D eigenvalue weighted by molar-refractivity contribution is -0.122. The molecule has 4 heteroatoms. The molecule has 108 valence electrons. The van der Waals surface area contributed by atoms with Crippen molar-refractivity contribution in [2.24, 2.45) is 0 Å². The van der Waals surface area contributed by atoms with Gasteiger partial charge in [0.05, 0.1) is 12.0 Å². The third kappa shape index (κ3) is 2.14. The zero-order valence-electron chi connectivity index (χ0n) is 12.1. The molecule has 2 N–H and O–H groups in total. The predicted molar refractivity (Wildman–Crippen MR) is 89.2 cm³/mol. The molecular formula is C17H17BrN2O. The molecule has 1 aliphatic heterocycles. The van der Waals surface area contributed by atoms with Crippen molar-refractivity contribution in [3.8, 4) is 0 Å². The molecule has 0 radical (unpaired) electrons. The quantitative estimate of drug-likeness (QED) is 0.841. The van der Waals surface area contributed by atoms with Crippen molar-refractivity contribution in [1.29, 1.82) is 0 Å². The molecule has 1 heterocycles. The van der Waals surface area contributed by atoms with E-state index in [0.717, 1.165) is 21.3 Å². The molecular weight excluding hydrogens is 328 g/mol. The van der Waals surface area contributed by atoms with Gasteiger partial charge >= 0.3 is 0 Å². The smallest absolute Gasteiger partial charge is 0.237 e. The van der Waals surface area contributed by atoms with Gasteiger partial charge in [0.25, 0.3) is 0 Å². The highest BCUT2D eigenvalue weighted by atomic mass is 79.9. The lowest BCUT2D eigenvalue weighted by Crippen LogP contribution is -2.35. The second kappa shape index (κ2) is 4.88. The average molecular weight is 345 g/mol. The molecule has 21 heavy (non-hydrogen) atoms. The lowest BCUT2D eigenvalue weighted by atomic mass is 9.86. The van der Waals surface area contributed by atoms with Crippen LogP contribution in [0.3, 0.4) is 0 Å². The van der Waals surface area contributed by atoms with Crippen molar-refractivity contribution in [2.45, 2.75) is 25.8 Å². The van der Waals surface area contributed by atoms with Crippen molar-refractivity contribution in [2.75, 3.05) is 10.6 Å². The van der Waals surface area contributed by atoms with Gasteiger partial charge < -0.3 is 10.6 Å². The normalized spacial score (nSPS) is 16.1. The molecule has 0 bridgehead atoms. The number of nitrogens with zero attached hydrogens (tertiary/aromatic N) is 1. The SMILES string of the molecule is CC1(C)C(=O)N(Cc2cccc(N)c2Br)c2ccccc21. The van der Waals surface area contributed by atoms with Crippen LogP contribution in [-0.4, -0.2) is 5.91 Å². The maximum absolute atomic E-state index is 12.8. The van der Waals surface area contributed by atoms with Crippen LogP contribution >= 0.6 is 15.9 Å². The van der Waals surface area contributed by atoms with Gasteiger partial charge in [0.1, 0.15) is 0 Å². The monoisotopic (exact) mass is 344 g/mol. The number of benzene rings is 2. The molecule has 0 fully saturated rings. The first kappa shape index (κ1) is 14.1. The largest absolute Gasteiger partial charge is 0.398 e. The Labute approximate surface area is 132 Å². The number of halogens is 1. The highest BCUT2D eigenvalue weighted by Gasteiger charge is 2.43. The lowest BCUT2D eigenvalue weighted by Gasteiger charge is -2.21. The Balaban J connectivity index is 2.04. The number of fused-ring (bicyclic) bond motifs is 1. The number of para-hydroxylation sites is 1. The highest BCUT2D eigenvalue weighted by molar-refractivity contribution is 9.10. The minimum atomic E-state index is -0.483. The summed E-state index contributed by atoms with van der Waals surface area (Å²) in [6, 6.07) is 13.7. The van der Waals surface area contributed by atoms with Crippen LogP contribution in [0.15, 0.2) is 46.9 Å². The van der Waals surface area contributed by atoms with Gasteiger partial charge in [0, 0.05) is 15.8 Å². The highest BCUT2D eigenvalue weighted by Crippen LogP contribution is 2.42. The van der Waals surface area contributed by atoms with E-state index in [2.05, 4.69) is 15.9 Å². The van der Waals surface area contributed by atoms with E-state index in [1.54, 1.807) is 0 Å². The second-order valence-corrected chi connectivity index (χ2v) is 6.65. The Bertz CT molecular complexity index is 724. The number of amides is 1. The van der Waals surface area contributed by atoms with Crippen molar-refractivity contribution in [3.05, 3.63) is 58.1 Å². The summed E-state index contributed by atoms with van der Waals surface area (Å²) in [5, 5.41) is 0. The van der Waals surface area contributed by atoms with Gasteiger partial charge in [0.2, 0.25) is 5.91 Å². The minimum Gasteiger partial charge on any atom is -0.398 e. The van der Waals surface area contributed by atoms with Crippen molar-refractivity contribution in [3.63, 3.8) is 0 Å². The van der Waals surface area contributed by atoms with Gasteiger partial charge in [-0.15, -0.1) is 0 Å². The number of nitrogen functional groups attached to an aromatic ring is 1. The van der Waals surface area contributed by atoms with E-state index in [1.807, 2.05) is 61.2 Å². The number of hydrogen-bond acceptors (Lipinski definition) is 2. The fourth-order valence-electron chi connectivity index (χ4n) is 2.85. The van der Waals surface area contributed by atoms with E-state index >= 15 is 0 Å². The molecule has 0 saturated heterocycles. The molecule has 0 saturated carbocycles. The molecule has 0 spiro atoms. The van der Waals surface area contributed by atoms with E-state index in [4.69, 9.17) is 5.73 Å². The van der Waals surface area contributed by atoms with E-state index in [0.29, 0.717) is 12.2 Å². The molecule has 1 amide bonds. The molecule has 3 rings (SSSR count). The summed E-state index contributed by atoms with van der Waals surface area (Å²) in [5.74, 6) is 0.123. The molecule has 0 aromatic heterocycles. The first-order chi connectivity index (χ1) is 9.93. The number of hydrogen-bond donors (Lipinski definition) is 1. The Kier molecular flexibility index (Phi) is 3.29. The molecule has 1 aliphatic rings. The zero-order valence-corrected chi connectivity index (χ0v) is 13.6. The topological polar surface area (TPSA) is 46.3 Å². The molecule has 0 atom stereocenters. The van der Waals surface area contributed by atoms with E-state index in [1.165, 1.54) is 0 Å². The van der Waals surface area contributed by atoms with Crippen LogP contribution in [0, 0.1) is 0 Å². The van der Waals surface area contributed by atoms with Crippen LogP contribution in [0.4, 0.5) is 11.4 Å². The third-order valence-corrected chi connectivity index (χ3v) is 5.05. The number of rotatable bonds is 2.